The zero-order valence-corrected chi connectivity index (χ0v) is 8.39. The average molecular weight is 170 g/mol. The number of carbonyl (C=O) groups excluding carboxylic acids is 1. The van der Waals surface area contributed by atoms with E-state index < -0.39 is 0 Å². The number of esters is 1. The smallest absolute Gasteiger partial charge is 0.333 e. The van der Waals surface area contributed by atoms with E-state index in [-0.39, 0.29) is 5.97 Å². The summed E-state index contributed by atoms with van der Waals surface area (Å²) in [5, 5.41) is 0. The summed E-state index contributed by atoms with van der Waals surface area (Å²) in [5.74, 6) is 0.261. The lowest BCUT2D eigenvalue weighted by Crippen LogP contribution is -2.11. The molecule has 0 aliphatic heterocycles. The summed E-state index contributed by atoms with van der Waals surface area (Å²) in [6.07, 6.45) is 2.81. The molecular formula is C10H18O2. The molecule has 0 spiro atoms. The van der Waals surface area contributed by atoms with Gasteiger partial charge < -0.3 is 4.74 Å². The van der Waals surface area contributed by atoms with Gasteiger partial charge in [0.15, 0.2) is 0 Å². The van der Waals surface area contributed by atoms with Crippen LogP contribution in [0.25, 0.3) is 0 Å². The highest BCUT2D eigenvalue weighted by atomic mass is 16.5. The summed E-state index contributed by atoms with van der Waals surface area (Å²) in [5.41, 5.74) is 0.679. The van der Waals surface area contributed by atoms with Crippen LogP contribution in [0.5, 0.6) is 0 Å². The van der Waals surface area contributed by atoms with Crippen LogP contribution < -0.4 is 0 Å². The van der Waals surface area contributed by atoms with Crippen LogP contribution in [-0.4, -0.2) is 12.6 Å². The van der Waals surface area contributed by atoms with Gasteiger partial charge in [0.25, 0.3) is 0 Å². The maximum absolute atomic E-state index is 11.1. The van der Waals surface area contributed by atoms with Gasteiger partial charge in [0, 0.05) is 5.57 Å². The van der Waals surface area contributed by atoms with Gasteiger partial charge in [-0.3, -0.25) is 0 Å². The summed E-state index contributed by atoms with van der Waals surface area (Å²) in [6, 6.07) is 0. The molecule has 0 heterocycles. The lowest BCUT2D eigenvalue weighted by molar-refractivity contribution is -0.140. The molecule has 0 aromatic heterocycles. The SMILES string of the molecule is C/C=C(/C)C(=O)OC[C@H](C)CC. The first-order chi connectivity index (χ1) is 5.61. The van der Waals surface area contributed by atoms with E-state index in [0.717, 1.165) is 6.42 Å². The van der Waals surface area contributed by atoms with Crippen LogP contribution in [0.2, 0.25) is 0 Å². The van der Waals surface area contributed by atoms with E-state index in [1.54, 1.807) is 13.0 Å². The Morgan fingerprint density at radius 1 is 1.58 bits per heavy atom. The zero-order chi connectivity index (χ0) is 9.56. The normalized spacial score (nSPS) is 14.2. The molecule has 0 radical (unpaired) electrons. The number of hydrogen-bond donors (Lipinski definition) is 0. The first-order valence-electron chi connectivity index (χ1n) is 4.41. The predicted octanol–water partition coefficient (Wildman–Crippen LogP) is 2.54. The van der Waals surface area contributed by atoms with Crippen LogP contribution in [0.1, 0.15) is 34.1 Å². The Kier molecular flexibility index (Phi) is 5.43. The first-order valence-corrected chi connectivity index (χ1v) is 4.41. The summed E-state index contributed by atoms with van der Waals surface area (Å²) in [6.45, 7) is 8.28. The van der Waals surface area contributed by atoms with Gasteiger partial charge in [-0.05, 0) is 19.8 Å². The lowest BCUT2D eigenvalue weighted by atomic mass is 10.1. The Balaban J connectivity index is 3.72. The Bertz CT molecular complexity index is 171. The minimum absolute atomic E-state index is 0.196. The van der Waals surface area contributed by atoms with Crippen LogP contribution >= 0.6 is 0 Å². The molecule has 0 aromatic carbocycles. The summed E-state index contributed by atoms with van der Waals surface area (Å²) in [7, 11) is 0. The molecule has 1 atom stereocenters. The number of carbonyl (C=O) groups is 1. The molecular weight excluding hydrogens is 152 g/mol. The van der Waals surface area contributed by atoms with Crippen molar-refractivity contribution in [1.29, 1.82) is 0 Å². The van der Waals surface area contributed by atoms with Gasteiger partial charge >= 0.3 is 5.97 Å². The van der Waals surface area contributed by atoms with Crippen molar-refractivity contribution in [2.75, 3.05) is 6.61 Å². The lowest BCUT2D eigenvalue weighted by Gasteiger charge is -2.09. The Morgan fingerprint density at radius 2 is 2.17 bits per heavy atom. The third-order valence-electron chi connectivity index (χ3n) is 1.95. The van der Waals surface area contributed by atoms with Crippen molar-refractivity contribution in [1.82, 2.24) is 0 Å². The maximum atomic E-state index is 11.1. The third-order valence-corrected chi connectivity index (χ3v) is 1.95. The summed E-state index contributed by atoms with van der Waals surface area (Å²) in [4.78, 5) is 11.1. The van der Waals surface area contributed by atoms with Gasteiger partial charge in [0.05, 0.1) is 6.61 Å². The Labute approximate surface area is 74.6 Å². The van der Waals surface area contributed by atoms with Crippen LogP contribution in [0.4, 0.5) is 0 Å². The van der Waals surface area contributed by atoms with Crippen molar-refractivity contribution in [2.24, 2.45) is 5.92 Å². The molecule has 0 saturated carbocycles. The molecule has 0 saturated heterocycles. The molecule has 0 bridgehead atoms. The molecule has 0 rings (SSSR count). The Hall–Kier alpha value is -0.790. The average Bonchev–Trinajstić information content (AvgIpc) is 2.11. The van der Waals surface area contributed by atoms with Gasteiger partial charge in [-0.1, -0.05) is 26.3 Å². The van der Waals surface area contributed by atoms with E-state index in [4.69, 9.17) is 4.74 Å². The van der Waals surface area contributed by atoms with E-state index in [2.05, 4.69) is 13.8 Å². The maximum Gasteiger partial charge on any atom is 0.333 e. The van der Waals surface area contributed by atoms with Crippen molar-refractivity contribution >= 4 is 5.97 Å². The largest absolute Gasteiger partial charge is 0.462 e. The van der Waals surface area contributed by atoms with E-state index >= 15 is 0 Å². The Morgan fingerprint density at radius 3 is 2.58 bits per heavy atom. The molecule has 0 aliphatic rings. The van der Waals surface area contributed by atoms with Gasteiger partial charge in [-0.25, -0.2) is 4.79 Å². The van der Waals surface area contributed by atoms with Crippen molar-refractivity contribution in [3.05, 3.63) is 11.6 Å². The number of ether oxygens (including phenoxy) is 1. The monoisotopic (exact) mass is 170 g/mol. The van der Waals surface area contributed by atoms with E-state index in [0.29, 0.717) is 18.1 Å². The van der Waals surface area contributed by atoms with Crippen LogP contribution in [-0.2, 0) is 9.53 Å². The summed E-state index contributed by atoms with van der Waals surface area (Å²) >= 11 is 0. The second-order valence-corrected chi connectivity index (χ2v) is 3.08. The molecule has 0 amide bonds. The highest BCUT2D eigenvalue weighted by Gasteiger charge is 2.06. The van der Waals surface area contributed by atoms with Gasteiger partial charge in [-0.2, -0.15) is 0 Å². The molecule has 0 fully saturated rings. The second kappa shape index (κ2) is 5.81. The quantitative estimate of drug-likeness (QED) is 0.478. The van der Waals surface area contributed by atoms with Crippen molar-refractivity contribution < 1.29 is 9.53 Å². The number of hydrogen-bond acceptors (Lipinski definition) is 2. The van der Waals surface area contributed by atoms with E-state index in [1.807, 2.05) is 6.92 Å². The molecule has 2 heteroatoms. The molecule has 0 unspecified atom stereocenters. The fraction of sp³-hybridized carbons (Fsp3) is 0.700. The van der Waals surface area contributed by atoms with Crippen molar-refractivity contribution in [3.8, 4) is 0 Å². The zero-order valence-electron chi connectivity index (χ0n) is 8.39. The molecule has 2 nitrogen and oxygen atoms in total. The number of allylic oxidation sites excluding steroid dienone is 1. The topological polar surface area (TPSA) is 26.3 Å². The van der Waals surface area contributed by atoms with Crippen LogP contribution in [0.3, 0.4) is 0 Å². The molecule has 70 valence electrons. The van der Waals surface area contributed by atoms with Crippen LogP contribution in [0, 0.1) is 5.92 Å². The minimum atomic E-state index is -0.196. The fourth-order valence-corrected chi connectivity index (χ4v) is 0.567. The van der Waals surface area contributed by atoms with Crippen LogP contribution in [0.15, 0.2) is 11.6 Å². The third kappa shape index (κ3) is 4.16. The fourth-order valence-electron chi connectivity index (χ4n) is 0.567. The molecule has 12 heavy (non-hydrogen) atoms. The molecule has 0 aliphatic carbocycles. The van der Waals surface area contributed by atoms with Crippen molar-refractivity contribution in [3.63, 3.8) is 0 Å². The standard InChI is InChI=1S/C10H18O2/c1-5-8(3)7-12-10(11)9(4)6-2/h6,8H,5,7H2,1-4H3/b9-6-/t8-/m1/s1. The number of rotatable bonds is 4. The van der Waals surface area contributed by atoms with E-state index in [1.165, 1.54) is 0 Å². The van der Waals surface area contributed by atoms with Crippen molar-refractivity contribution in [2.45, 2.75) is 34.1 Å². The van der Waals surface area contributed by atoms with Gasteiger partial charge in [0.2, 0.25) is 0 Å². The predicted molar refractivity (Wildman–Crippen MR) is 49.8 cm³/mol. The summed E-state index contributed by atoms with van der Waals surface area (Å²) < 4.78 is 5.04. The highest BCUT2D eigenvalue weighted by Crippen LogP contribution is 2.03. The van der Waals surface area contributed by atoms with E-state index in [9.17, 15) is 4.79 Å². The first kappa shape index (κ1) is 11.2. The van der Waals surface area contributed by atoms with Gasteiger partial charge in [-0.15, -0.1) is 0 Å². The highest BCUT2D eigenvalue weighted by molar-refractivity contribution is 5.87. The van der Waals surface area contributed by atoms with Gasteiger partial charge in [0.1, 0.15) is 0 Å². The minimum Gasteiger partial charge on any atom is -0.462 e. The second-order valence-electron chi connectivity index (χ2n) is 3.08. The molecule has 0 aromatic rings. The molecule has 0 N–H and O–H groups in total.